The first-order valence-corrected chi connectivity index (χ1v) is 33.0. The van der Waals surface area contributed by atoms with E-state index in [9.17, 15) is 103 Å². The van der Waals surface area contributed by atoms with Gasteiger partial charge in [0, 0.05) is 81.4 Å². The number of likely N-dealkylation sites (tertiary alicyclic amines) is 3. The summed E-state index contributed by atoms with van der Waals surface area (Å²) in [6, 6.07) is 2.82. The Labute approximate surface area is 577 Å². The number of hydrogen-bond donors (Lipinski definition) is 3. The highest BCUT2D eigenvalue weighted by Crippen LogP contribution is 2.41. The van der Waals surface area contributed by atoms with Crippen LogP contribution in [0.15, 0.2) is 54.6 Å². The van der Waals surface area contributed by atoms with Crippen LogP contribution in [0.1, 0.15) is 210 Å². The highest BCUT2D eigenvalue weighted by molar-refractivity contribution is 5.83. The number of aliphatic hydroxyl groups excluding tert-OH is 1. The number of rotatable bonds is 16. The molecule has 0 bridgehead atoms. The van der Waals surface area contributed by atoms with Crippen molar-refractivity contribution in [3.63, 3.8) is 0 Å². The first-order valence-electron chi connectivity index (χ1n) is 33.0. The molecule has 3 amide bonds. The van der Waals surface area contributed by atoms with E-state index in [1.54, 1.807) is 42.4 Å². The van der Waals surface area contributed by atoms with Gasteiger partial charge in [-0.1, -0.05) is 41.5 Å². The van der Waals surface area contributed by atoms with Gasteiger partial charge in [-0.2, -0.15) is 84.3 Å². The van der Waals surface area contributed by atoms with E-state index < -0.39 is 95.2 Å². The number of ketones is 1. The molecule has 3 fully saturated rings. The topological polar surface area (TPSA) is 191 Å². The minimum Gasteiger partial charge on any atom is -0.447 e. The standard InChI is InChI=1S/C23H29F6N3O2.C22H30F6N2O2.C13H23NO3.C9H7F6N.CH4O/c1-5-18-10-20(11-19(6-2)32(18)21(33)34-14(3)4)31(13-30)12-15-7-16(22(24,25)26)9-17(8-15)23(27,28)29;1-5-18-10-17(11-19(6-2)30(18)20(31)32-13(3)4)29-12-14-7-15(21(23,24)25)9-16(8-14)22(26,27)28;1-5-10-7-12(15)8-11(6-2)14(10)13(16)17-9(3)4;10-8(11,12)6-1-5(4-16)2-7(3-6)9(13,14)15;1-2/h7-9,14,18-20H,5-6,10-12H2,1-4H3;7-9,13,17-19,29H,5-6,10-12H2,1-4H3;9-11H,5-8H2,1-4H3;1-3H,4,16H2;2H,1H3/t18-,19+,20?;17?,18-,19+;10-,11+;;. The van der Waals surface area contributed by atoms with Crippen LogP contribution in [-0.4, -0.2) is 123 Å². The van der Waals surface area contributed by atoms with Crippen molar-refractivity contribution in [3.8, 4) is 6.19 Å². The summed E-state index contributed by atoms with van der Waals surface area (Å²) in [5.41, 5.74) is -3.69. The van der Waals surface area contributed by atoms with Crippen molar-refractivity contribution in [2.75, 3.05) is 7.11 Å². The highest BCUT2D eigenvalue weighted by atomic mass is 19.4. The predicted molar refractivity (Wildman–Crippen MR) is 338 cm³/mol. The van der Waals surface area contributed by atoms with Gasteiger partial charge in [0.25, 0.3) is 0 Å². The molecule has 574 valence electrons. The van der Waals surface area contributed by atoms with Gasteiger partial charge in [-0.15, -0.1) is 0 Å². The van der Waals surface area contributed by atoms with Crippen molar-refractivity contribution in [3.05, 3.63) is 105 Å². The fourth-order valence-electron chi connectivity index (χ4n) is 11.9. The smallest absolute Gasteiger partial charge is 0.416 e. The molecule has 101 heavy (non-hydrogen) atoms. The number of nitrogens with two attached hydrogens (primary N) is 1. The fourth-order valence-corrected chi connectivity index (χ4v) is 11.9. The van der Waals surface area contributed by atoms with Crippen molar-refractivity contribution < 1.29 is 118 Å². The monoisotopic (exact) mass is 1480 g/mol. The van der Waals surface area contributed by atoms with Gasteiger partial charge in [-0.25, -0.2) is 14.4 Å². The van der Waals surface area contributed by atoms with Gasteiger partial charge < -0.3 is 50.0 Å². The lowest BCUT2D eigenvalue weighted by Crippen LogP contribution is -2.56. The zero-order chi connectivity index (χ0) is 77.7. The molecule has 3 aromatic rings. The Kier molecular flexibility index (Phi) is 34.9. The number of nitriles is 1. The zero-order valence-electron chi connectivity index (χ0n) is 58.6. The molecule has 0 saturated carbocycles. The Morgan fingerprint density at radius 3 is 0.980 bits per heavy atom. The number of nitrogens with one attached hydrogen (secondary N) is 1. The number of carbonyl (C=O) groups is 4. The predicted octanol–water partition coefficient (Wildman–Crippen LogP) is 18.5. The largest absolute Gasteiger partial charge is 0.447 e. The van der Waals surface area contributed by atoms with E-state index in [1.807, 2.05) is 61.6 Å². The van der Waals surface area contributed by atoms with Crippen LogP contribution in [0.5, 0.6) is 0 Å². The summed E-state index contributed by atoms with van der Waals surface area (Å²) in [6.07, 6.45) is -22.5. The molecule has 33 heteroatoms. The van der Waals surface area contributed by atoms with Gasteiger partial charge in [-0.05, 0) is 177 Å². The first-order chi connectivity index (χ1) is 46.6. The molecule has 3 saturated heterocycles. The van der Waals surface area contributed by atoms with Crippen molar-refractivity contribution in [1.29, 1.82) is 5.26 Å². The summed E-state index contributed by atoms with van der Waals surface area (Å²) < 4.78 is 247. The normalized spacial score (nSPS) is 20.6. The number of nitrogens with zero attached hydrogens (tertiary/aromatic N) is 5. The van der Waals surface area contributed by atoms with Crippen LogP contribution in [0, 0.1) is 11.5 Å². The molecular weight excluding hydrogens is 1380 g/mol. The summed E-state index contributed by atoms with van der Waals surface area (Å²) in [7, 11) is 1.00. The number of halogens is 18. The Morgan fingerprint density at radius 2 is 0.733 bits per heavy atom. The van der Waals surface area contributed by atoms with Crippen LogP contribution in [0.2, 0.25) is 0 Å². The number of carbonyl (C=O) groups excluding carboxylic acids is 4. The van der Waals surface area contributed by atoms with Crippen LogP contribution in [0.3, 0.4) is 0 Å². The van der Waals surface area contributed by atoms with Crippen molar-refractivity contribution in [1.82, 2.24) is 24.9 Å². The maximum Gasteiger partial charge on any atom is 0.416 e. The minimum absolute atomic E-state index is 0.00690. The van der Waals surface area contributed by atoms with E-state index >= 15 is 0 Å². The van der Waals surface area contributed by atoms with E-state index in [4.69, 9.17) is 25.1 Å². The van der Waals surface area contributed by atoms with E-state index in [2.05, 4.69) is 5.32 Å². The molecule has 6 rings (SSSR count). The molecule has 3 aliphatic rings. The minimum atomic E-state index is -4.96. The molecule has 0 spiro atoms. The summed E-state index contributed by atoms with van der Waals surface area (Å²) in [6.45, 7) is 21.4. The van der Waals surface area contributed by atoms with E-state index in [1.165, 1.54) is 4.90 Å². The van der Waals surface area contributed by atoms with Gasteiger partial charge in [-0.3, -0.25) is 4.79 Å². The van der Waals surface area contributed by atoms with E-state index in [0.717, 1.165) is 32.1 Å². The molecular formula is C68H93F18N7O8. The molecule has 3 aliphatic heterocycles. The third kappa shape index (κ3) is 28.0. The van der Waals surface area contributed by atoms with Crippen molar-refractivity contribution in [2.45, 2.75) is 283 Å². The lowest BCUT2D eigenvalue weighted by Gasteiger charge is -2.46. The molecule has 0 aliphatic carbocycles. The Balaban J connectivity index is 0.000000476. The second kappa shape index (κ2) is 39.1. The van der Waals surface area contributed by atoms with Gasteiger partial charge in [0.15, 0.2) is 6.19 Å². The number of hydrogen-bond acceptors (Lipinski definition) is 12. The average Bonchev–Trinajstić information content (AvgIpc) is 0.817. The summed E-state index contributed by atoms with van der Waals surface area (Å²) >= 11 is 0. The van der Waals surface area contributed by atoms with Gasteiger partial charge in [0.2, 0.25) is 0 Å². The molecule has 0 aromatic heterocycles. The summed E-state index contributed by atoms with van der Waals surface area (Å²) in [4.78, 5) is 55.3. The van der Waals surface area contributed by atoms with Crippen LogP contribution < -0.4 is 11.1 Å². The van der Waals surface area contributed by atoms with Crippen LogP contribution >= 0.6 is 0 Å². The summed E-state index contributed by atoms with van der Waals surface area (Å²) in [5.74, 6) is 0.261. The molecule has 4 N–H and O–H groups in total. The maximum absolute atomic E-state index is 13.2. The summed E-state index contributed by atoms with van der Waals surface area (Å²) in [5, 5.41) is 19.8. The van der Waals surface area contributed by atoms with E-state index in [-0.39, 0.29) is 120 Å². The Bertz CT molecular complexity index is 2990. The SMILES string of the molecule is CC[C@@H]1CC(=O)C[C@H](CC)N1C(=O)OC(C)C.CC[C@@H]1CC(N(C#N)Cc2cc(C(F)(F)F)cc(C(F)(F)F)c2)C[C@H](CC)N1C(=O)OC(C)C.CC[C@@H]1CC(NCc2cc(C(F)(F)F)cc(C(F)(F)F)c2)C[C@H](CC)N1C(=O)OC(C)C.CO.NCc1cc(C(F)(F)F)cc(C(F)(F)F)c1. The maximum atomic E-state index is 13.2. The molecule has 8 atom stereocenters. The molecule has 15 nitrogen and oxygen atoms in total. The van der Waals surface area contributed by atoms with Crippen molar-refractivity contribution >= 4 is 24.1 Å². The van der Waals surface area contributed by atoms with Gasteiger partial charge in [0.05, 0.1) is 58.2 Å². The van der Waals surface area contributed by atoms with E-state index in [0.29, 0.717) is 88.5 Å². The third-order valence-corrected chi connectivity index (χ3v) is 16.7. The number of alkyl halides is 18. The number of Topliss-reactive ketones (excluding diaryl/α,β-unsaturated/α-hetero) is 1. The molecule has 3 aromatic carbocycles. The molecule has 3 heterocycles. The number of amides is 3. The quantitative estimate of drug-likeness (QED) is 0.0533. The second-order valence-corrected chi connectivity index (χ2v) is 25.2. The first kappa shape index (κ1) is 90.1. The van der Waals surface area contributed by atoms with Gasteiger partial charge >= 0.3 is 55.3 Å². The number of ether oxygens (including phenoxy) is 3. The Morgan fingerprint density at radius 1 is 0.475 bits per heavy atom. The number of aliphatic hydroxyl groups is 1. The number of benzene rings is 3. The average molecular weight is 1480 g/mol. The van der Waals surface area contributed by atoms with Crippen LogP contribution in [0.4, 0.5) is 93.4 Å². The third-order valence-electron chi connectivity index (χ3n) is 16.7. The highest BCUT2D eigenvalue weighted by Gasteiger charge is 2.44. The molecule has 0 radical (unpaired) electrons. The second-order valence-electron chi connectivity index (χ2n) is 25.2. The number of piperidine rings is 3. The van der Waals surface area contributed by atoms with Crippen molar-refractivity contribution in [2.24, 2.45) is 5.73 Å². The zero-order valence-corrected chi connectivity index (χ0v) is 58.6. The van der Waals surface area contributed by atoms with Gasteiger partial charge in [0.1, 0.15) is 5.78 Å². The Hall–Kier alpha value is -6.95. The van der Waals surface area contributed by atoms with Crippen LogP contribution in [-0.2, 0) is 75.7 Å². The fraction of sp³-hybridized carbons (Fsp3) is 0.662. The lowest BCUT2D eigenvalue weighted by molar-refractivity contribution is -0.144. The lowest BCUT2D eigenvalue weighted by atomic mass is 9.88. The van der Waals surface area contributed by atoms with Crippen LogP contribution in [0.25, 0.3) is 0 Å². The molecule has 2 unspecified atom stereocenters.